The molecule has 2 aromatic carbocycles. The Labute approximate surface area is 141 Å². The summed E-state index contributed by atoms with van der Waals surface area (Å²) >= 11 is 0. The third kappa shape index (κ3) is 5.20. The van der Waals surface area contributed by atoms with Crippen LogP contribution in [-0.4, -0.2) is 19.0 Å². The van der Waals surface area contributed by atoms with Crippen LogP contribution in [0.4, 0.5) is 13.2 Å². The molecular formula is C18H13F3O4. The molecule has 0 bridgehead atoms. The van der Waals surface area contributed by atoms with Crippen LogP contribution in [0.5, 0.6) is 5.75 Å². The molecule has 0 spiro atoms. The zero-order valence-electron chi connectivity index (χ0n) is 13.0. The molecule has 0 atom stereocenters. The number of rotatable bonds is 4. The van der Waals surface area contributed by atoms with Gasteiger partial charge < -0.3 is 9.47 Å². The Morgan fingerprint density at radius 3 is 2.32 bits per heavy atom. The van der Waals surface area contributed by atoms with Crippen molar-refractivity contribution in [1.29, 1.82) is 0 Å². The molecule has 2 rings (SSSR count). The molecule has 0 radical (unpaired) electrons. The Morgan fingerprint density at radius 1 is 1.04 bits per heavy atom. The van der Waals surface area contributed by atoms with Gasteiger partial charge in [0.05, 0.1) is 18.2 Å². The Morgan fingerprint density at radius 2 is 1.72 bits per heavy atom. The van der Waals surface area contributed by atoms with Gasteiger partial charge in [-0.15, -0.1) is 0 Å². The van der Waals surface area contributed by atoms with Gasteiger partial charge in [-0.1, -0.05) is 12.1 Å². The van der Waals surface area contributed by atoms with Crippen molar-refractivity contribution in [1.82, 2.24) is 0 Å². The molecule has 7 heteroatoms. The molecule has 0 heterocycles. The predicted octanol–water partition coefficient (Wildman–Crippen LogP) is 4.11. The van der Waals surface area contributed by atoms with Gasteiger partial charge in [0.2, 0.25) is 0 Å². The zero-order valence-corrected chi connectivity index (χ0v) is 13.0. The van der Waals surface area contributed by atoms with E-state index >= 15 is 0 Å². The topological polar surface area (TPSA) is 52.6 Å². The van der Waals surface area contributed by atoms with Crippen molar-refractivity contribution in [2.24, 2.45) is 0 Å². The smallest absolute Gasteiger partial charge is 0.416 e. The first-order chi connectivity index (χ1) is 11.8. The number of carbonyl (C=O) groups excluding carboxylic acids is 2. The Bertz CT molecular complexity index is 793. The van der Waals surface area contributed by atoms with Gasteiger partial charge in [0.15, 0.2) is 0 Å². The first-order valence-corrected chi connectivity index (χ1v) is 7.05. The second kappa shape index (κ2) is 7.65. The van der Waals surface area contributed by atoms with Crippen molar-refractivity contribution >= 4 is 18.0 Å². The van der Waals surface area contributed by atoms with Gasteiger partial charge in [0, 0.05) is 6.08 Å². The van der Waals surface area contributed by atoms with Gasteiger partial charge >= 0.3 is 18.1 Å². The van der Waals surface area contributed by atoms with E-state index in [1.54, 1.807) is 0 Å². The number of ether oxygens (including phenoxy) is 2. The lowest BCUT2D eigenvalue weighted by Gasteiger charge is -2.06. The first-order valence-electron chi connectivity index (χ1n) is 7.05. The monoisotopic (exact) mass is 350 g/mol. The zero-order chi connectivity index (χ0) is 18.4. The normalized spacial score (nSPS) is 11.4. The highest BCUT2D eigenvalue weighted by Crippen LogP contribution is 2.29. The largest absolute Gasteiger partial charge is 0.465 e. The Kier molecular flexibility index (Phi) is 5.59. The molecule has 0 aromatic heterocycles. The molecule has 0 saturated carbocycles. The van der Waals surface area contributed by atoms with Gasteiger partial charge in [-0.05, 0) is 48.0 Å². The van der Waals surface area contributed by atoms with E-state index in [1.165, 1.54) is 49.6 Å². The summed E-state index contributed by atoms with van der Waals surface area (Å²) in [7, 11) is 1.24. The number of carbonyl (C=O) groups is 2. The molecule has 0 amide bonds. The van der Waals surface area contributed by atoms with E-state index in [9.17, 15) is 22.8 Å². The summed E-state index contributed by atoms with van der Waals surface area (Å²) < 4.78 is 47.4. The highest BCUT2D eigenvalue weighted by atomic mass is 19.4. The fourth-order valence-corrected chi connectivity index (χ4v) is 1.91. The summed E-state index contributed by atoms with van der Waals surface area (Å²) in [5, 5.41) is 0. The Hall–Kier alpha value is -3.09. The third-order valence-electron chi connectivity index (χ3n) is 3.12. The Balaban J connectivity index is 2.02. The lowest BCUT2D eigenvalue weighted by atomic mass is 10.1. The molecule has 0 saturated heterocycles. The maximum absolute atomic E-state index is 12.6. The van der Waals surface area contributed by atoms with Crippen molar-refractivity contribution in [2.45, 2.75) is 6.18 Å². The van der Waals surface area contributed by atoms with Crippen molar-refractivity contribution in [3.63, 3.8) is 0 Å². The molecule has 25 heavy (non-hydrogen) atoms. The second-order valence-corrected chi connectivity index (χ2v) is 4.89. The van der Waals surface area contributed by atoms with Gasteiger partial charge in [0.1, 0.15) is 5.75 Å². The quantitative estimate of drug-likeness (QED) is 0.473. The minimum atomic E-state index is -4.45. The summed E-state index contributed by atoms with van der Waals surface area (Å²) in [5.41, 5.74) is -0.295. The molecular weight excluding hydrogens is 337 g/mol. The number of benzene rings is 2. The fraction of sp³-hybridized carbons (Fsp3) is 0.111. The van der Waals surface area contributed by atoms with Crippen LogP contribution in [0.3, 0.4) is 0 Å². The maximum atomic E-state index is 12.6. The minimum absolute atomic E-state index is 0.186. The molecule has 130 valence electrons. The fourth-order valence-electron chi connectivity index (χ4n) is 1.91. The number of hydrogen-bond donors (Lipinski definition) is 0. The lowest BCUT2D eigenvalue weighted by Crippen LogP contribution is -2.05. The van der Waals surface area contributed by atoms with Crippen molar-refractivity contribution in [3.8, 4) is 5.75 Å². The van der Waals surface area contributed by atoms with Crippen LogP contribution in [0.15, 0.2) is 54.6 Å². The first kappa shape index (κ1) is 18.3. The summed E-state index contributed by atoms with van der Waals surface area (Å²) in [5.74, 6) is -1.10. The number of hydrogen-bond acceptors (Lipinski definition) is 4. The van der Waals surface area contributed by atoms with Crippen LogP contribution in [0, 0.1) is 0 Å². The standard InChI is InChI=1S/C18H13F3O4/c1-24-17(23)13-6-8-15(9-7-13)25-16(22)10-5-12-3-2-4-14(11-12)18(19,20)21/h2-11H,1H3/b10-5+. The number of methoxy groups -OCH3 is 1. The van der Waals surface area contributed by atoms with Gasteiger partial charge in [-0.2, -0.15) is 13.2 Å². The van der Waals surface area contributed by atoms with Crippen LogP contribution in [0.25, 0.3) is 6.08 Å². The van der Waals surface area contributed by atoms with E-state index in [0.29, 0.717) is 5.56 Å². The average molecular weight is 350 g/mol. The van der Waals surface area contributed by atoms with Crippen molar-refractivity contribution in [3.05, 3.63) is 71.3 Å². The van der Waals surface area contributed by atoms with Crippen LogP contribution < -0.4 is 4.74 Å². The molecule has 0 aliphatic heterocycles. The van der Waals surface area contributed by atoms with E-state index in [0.717, 1.165) is 18.2 Å². The summed E-state index contributed by atoms with van der Waals surface area (Å²) in [4.78, 5) is 23.0. The summed E-state index contributed by atoms with van der Waals surface area (Å²) in [6.45, 7) is 0. The molecule has 0 unspecified atom stereocenters. The van der Waals surface area contributed by atoms with Crippen molar-refractivity contribution in [2.75, 3.05) is 7.11 Å². The van der Waals surface area contributed by atoms with E-state index in [2.05, 4.69) is 4.74 Å². The van der Waals surface area contributed by atoms with E-state index in [-0.39, 0.29) is 11.3 Å². The average Bonchev–Trinajstić information content (AvgIpc) is 2.59. The van der Waals surface area contributed by atoms with Crippen LogP contribution in [-0.2, 0) is 15.7 Å². The summed E-state index contributed by atoms with van der Waals surface area (Å²) in [6, 6.07) is 10.2. The second-order valence-electron chi connectivity index (χ2n) is 4.89. The molecule has 0 fully saturated rings. The SMILES string of the molecule is COC(=O)c1ccc(OC(=O)/C=C/c2cccc(C(F)(F)F)c2)cc1. The van der Waals surface area contributed by atoms with Crippen molar-refractivity contribution < 1.29 is 32.2 Å². The molecule has 0 N–H and O–H groups in total. The molecule has 0 aliphatic carbocycles. The summed E-state index contributed by atoms with van der Waals surface area (Å²) in [6.07, 6.45) is -2.21. The number of alkyl halides is 3. The van der Waals surface area contributed by atoms with Crippen LogP contribution in [0.2, 0.25) is 0 Å². The third-order valence-corrected chi connectivity index (χ3v) is 3.12. The van der Waals surface area contributed by atoms with E-state index < -0.39 is 23.7 Å². The van der Waals surface area contributed by atoms with Gasteiger partial charge in [-0.25, -0.2) is 9.59 Å². The van der Waals surface area contributed by atoms with E-state index in [4.69, 9.17) is 4.74 Å². The van der Waals surface area contributed by atoms with Crippen LogP contribution in [0.1, 0.15) is 21.5 Å². The van der Waals surface area contributed by atoms with Gasteiger partial charge in [-0.3, -0.25) is 0 Å². The van der Waals surface area contributed by atoms with Crippen LogP contribution >= 0.6 is 0 Å². The molecule has 2 aromatic rings. The predicted molar refractivity (Wildman–Crippen MR) is 83.9 cm³/mol. The van der Waals surface area contributed by atoms with Gasteiger partial charge in [0.25, 0.3) is 0 Å². The highest BCUT2D eigenvalue weighted by molar-refractivity contribution is 5.90. The van der Waals surface area contributed by atoms with E-state index in [1.807, 2.05) is 0 Å². The number of halogens is 3. The number of esters is 2. The maximum Gasteiger partial charge on any atom is 0.416 e. The highest BCUT2D eigenvalue weighted by Gasteiger charge is 2.30. The lowest BCUT2D eigenvalue weighted by molar-refractivity contribution is -0.137. The molecule has 4 nitrogen and oxygen atoms in total. The molecule has 0 aliphatic rings. The minimum Gasteiger partial charge on any atom is -0.465 e.